The first-order valence-electron chi connectivity index (χ1n) is 11.3. The van der Waals surface area contributed by atoms with E-state index in [9.17, 15) is 27.6 Å². The van der Waals surface area contributed by atoms with Crippen LogP contribution in [0.15, 0.2) is 48.5 Å². The molecule has 0 bridgehead atoms. The fourth-order valence-electron chi connectivity index (χ4n) is 4.22. The van der Waals surface area contributed by atoms with Gasteiger partial charge in [0.2, 0.25) is 5.91 Å². The third-order valence-corrected chi connectivity index (χ3v) is 6.04. The number of carboxylic acids is 1. The Balaban J connectivity index is 1.53. The van der Waals surface area contributed by atoms with Gasteiger partial charge in [-0.2, -0.15) is 13.2 Å². The summed E-state index contributed by atoms with van der Waals surface area (Å²) < 4.78 is 44.3. The van der Waals surface area contributed by atoms with Gasteiger partial charge in [-0.15, -0.1) is 0 Å². The molecule has 2 amide bonds. The molecule has 0 radical (unpaired) electrons. The standard InChI is InChI=1S/C25H27F3N2O5/c1-2-21(23(33)29-12-11-15(13-22(31)32)25(26,27)28)30-24(34)35-14-20-18-9-5-3-7-16(18)17-8-4-6-10-19(17)20/h3-10,15,20-21H,2,11-14H2,1H3,(H,29,33)(H,30,34)(H,31,32)/t15?,21-/m0/s1. The third-order valence-electron chi connectivity index (χ3n) is 6.04. The number of fused-ring (bicyclic) bond motifs is 3. The number of alkyl carbamates (subject to hydrolysis) is 1. The summed E-state index contributed by atoms with van der Waals surface area (Å²) in [6.45, 7) is 1.32. The van der Waals surface area contributed by atoms with Crippen molar-refractivity contribution < 1.29 is 37.4 Å². The minimum atomic E-state index is -4.69. The number of ether oxygens (including phenoxy) is 1. The van der Waals surface area contributed by atoms with Gasteiger partial charge in [0.15, 0.2) is 0 Å². The average Bonchev–Trinajstić information content (AvgIpc) is 3.13. The van der Waals surface area contributed by atoms with Crippen LogP contribution in [0.25, 0.3) is 11.1 Å². The Bertz CT molecular complexity index is 1030. The SMILES string of the molecule is CC[C@H](NC(=O)OCC1c2ccccc2-c2ccccc21)C(=O)NCCC(CC(=O)O)C(F)(F)F. The summed E-state index contributed by atoms with van der Waals surface area (Å²) in [5.74, 6) is -4.47. The number of nitrogens with one attached hydrogen (secondary N) is 2. The molecule has 0 aliphatic heterocycles. The van der Waals surface area contributed by atoms with Gasteiger partial charge in [-0.05, 0) is 35.1 Å². The van der Waals surface area contributed by atoms with Crippen LogP contribution in [-0.4, -0.2) is 48.4 Å². The van der Waals surface area contributed by atoms with Crippen LogP contribution in [0.1, 0.15) is 43.2 Å². The van der Waals surface area contributed by atoms with Gasteiger partial charge in [0.25, 0.3) is 0 Å². The molecule has 0 spiro atoms. The molecule has 35 heavy (non-hydrogen) atoms. The number of aliphatic carboxylic acids is 1. The summed E-state index contributed by atoms with van der Waals surface area (Å²) in [6, 6.07) is 14.7. The lowest BCUT2D eigenvalue weighted by molar-refractivity contribution is -0.184. The summed E-state index contributed by atoms with van der Waals surface area (Å²) in [7, 11) is 0. The summed E-state index contributed by atoms with van der Waals surface area (Å²) >= 11 is 0. The van der Waals surface area contributed by atoms with Crippen LogP contribution in [0.5, 0.6) is 0 Å². The molecule has 188 valence electrons. The fraction of sp³-hybridized carbons (Fsp3) is 0.400. The van der Waals surface area contributed by atoms with Gasteiger partial charge in [0.05, 0.1) is 12.3 Å². The number of carbonyl (C=O) groups excluding carboxylic acids is 2. The monoisotopic (exact) mass is 492 g/mol. The number of amides is 2. The lowest BCUT2D eigenvalue weighted by Gasteiger charge is -2.21. The first-order valence-corrected chi connectivity index (χ1v) is 11.3. The molecule has 0 heterocycles. The van der Waals surface area contributed by atoms with Gasteiger partial charge in [-0.25, -0.2) is 4.79 Å². The Morgan fingerprint density at radius 3 is 2.11 bits per heavy atom. The highest BCUT2D eigenvalue weighted by Crippen LogP contribution is 2.44. The maximum absolute atomic E-state index is 13.0. The quantitative estimate of drug-likeness (QED) is 0.454. The highest BCUT2D eigenvalue weighted by molar-refractivity contribution is 5.85. The number of carbonyl (C=O) groups is 3. The number of carboxylic acid groups (broad SMARTS) is 1. The second-order valence-corrected chi connectivity index (χ2v) is 8.35. The van der Waals surface area contributed by atoms with Crippen LogP contribution in [-0.2, 0) is 14.3 Å². The zero-order chi connectivity index (χ0) is 25.6. The molecule has 3 N–H and O–H groups in total. The fourth-order valence-corrected chi connectivity index (χ4v) is 4.22. The topological polar surface area (TPSA) is 105 Å². The molecular weight excluding hydrogens is 465 g/mol. The Hall–Kier alpha value is -3.56. The van der Waals surface area contributed by atoms with Crippen LogP contribution < -0.4 is 10.6 Å². The van der Waals surface area contributed by atoms with E-state index in [-0.39, 0.29) is 25.5 Å². The van der Waals surface area contributed by atoms with Gasteiger partial charge in [0.1, 0.15) is 12.6 Å². The highest BCUT2D eigenvalue weighted by atomic mass is 19.4. The first kappa shape index (κ1) is 26.1. The Labute approximate surface area is 200 Å². The number of halogens is 3. The van der Waals surface area contributed by atoms with Crippen molar-refractivity contribution in [1.82, 2.24) is 10.6 Å². The van der Waals surface area contributed by atoms with Crippen molar-refractivity contribution in [2.24, 2.45) is 5.92 Å². The predicted molar refractivity (Wildman–Crippen MR) is 122 cm³/mol. The van der Waals surface area contributed by atoms with E-state index in [1.165, 1.54) is 0 Å². The minimum Gasteiger partial charge on any atom is -0.481 e. The molecule has 7 nitrogen and oxygen atoms in total. The van der Waals surface area contributed by atoms with E-state index in [1.807, 2.05) is 48.5 Å². The highest BCUT2D eigenvalue weighted by Gasteiger charge is 2.40. The molecule has 1 aliphatic carbocycles. The van der Waals surface area contributed by atoms with Crippen molar-refractivity contribution >= 4 is 18.0 Å². The molecule has 2 aromatic carbocycles. The van der Waals surface area contributed by atoms with Crippen LogP contribution >= 0.6 is 0 Å². The normalized spacial score (nSPS) is 14.4. The summed E-state index contributed by atoms with van der Waals surface area (Å²) in [5.41, 5.74) is 4.21. The molecular formula is C25H27F3N2O5. The maximum Gasteiger partial charge on any atom is 0.407 e. The molecule has 0 saturated carbocycles. The van der Waals surface area contributed by atoms with Crippen LogP contribution in [0, 0.1) is 5.92 Å². The van der Waals surface area contributed by atoms with Crippen molar-refractivity contribution in [3.63, 3.8) is 0 Å². The number of hydrogen-bond donors (Lipinski definition) is 3. The van der Waals surface area contributed by atoms with E-state index in [0.717, 1.165) is 22.3 Å². The lowest BCUT2D eigenvalue weighted by atomic mass is 9.98. The number of alkyl halides is 3. The maximum atomic E-state index is 13.0. The number of benzene rings is 2. The number of rotatable bonds is 10. The molecule has 2 atom stereocenters. The van der Waals surface area contributed by atoms with Crippen LogP contribution in [0.4, 0.5) is 18.0 Å². The summed E-state index contributed by atoms with van der Waals surface area (Å²) in [5, 5.41) is 13.5. The zero-order valence-electron chi connectivity index (χ0n) is 19.1. The largest absolute Gasteiger partial charge is 0.481 e. The van der Waals surface area contributed by atoms with E-state index in [4.69, 9.17) is 9.84 Å². The second-order valence-electron chi connectivity index (χ2n) is 8.35. The molecule has 3 rings (SSSR count). The zero-order valence-corrected chi connectivity index (χ0v) is 19.1. The van der Waals surface area contributed by atoms with Crippen molar-refractivity contribution in [3.05, 3.63) is 59.7 Å². The lowest BCUT2D eigenvalue weighted by Crippen LogP contribution is -2.47. The predicted octanol–water partition coefficient (Wildman–Crippen LogP) is 4.46. The second kappa shape index (κ2) is 11.2. The van der Waals surface area contributed by atoms with Gasteiger partial charge < -0.3 is 20.5 Å². The average molecular weight is 492 g/mol. The van der Waals surface area contributed by atoms with Gasteiger partial charge in [0, 0.05) is 12.5 Å². The summed E-state index contributed by atoms with van der Waals surface area (Å²) in [6.07, 6.45) is -6.97. The molecule has 2 aromatic rings. The minimum absolute atomic E-state index is 0.0559. The molecule has 10 heteroatoms. The van der Waals surface area contributed by atoms with Gasteiger partial charge >= 0.3 is 18.2 Å². The van der Waals surface area contributed by atoms with Crippen molar-refractivity contribution in [1.29, 1.82) is 0 Å². The number of hydrogen-bond acceptors (Lipinski definition) is 4. The molecule has 1 aliphatic rings. The van der Waals surface area contributed by atoms with Crippen molar-refractivity contribution in [2.45, 2.75) is 44.3 Å². The molecule has 0 fully saturated rings. The smallest absolute Gasteiger partial charge is 0.407 e. The summed E-state index contributed by atoms with van der Waals surface area (Å²) in [4.78, 5) is 35.5. The third kappa shape index (κ3) is 6.52. The van der Waals surface area contributed by atoms with Crippen molar-refractivity contribution in [3.8, 4) is 11.1 Å². The Morgan fingerprint density at radius 1 is 1.03 bits per heavy atom. The van der Waals surface area contributed by atoms with Crippen LogP contribution in [0.3, 0.4) is 0 Å². The van der Waals surface area contributed by atoms with E-state index < -0.39 is 48.9 Å². The van der Waals surface area contributed by atoms with E-state index in [2.05, 4.69) is 10.6 Å². The first-order chi connectivity index (χ1) is 16.6. The Morgan fingerprint density at radius 2 is 1.60 bits per heavy atom. The van der Waals surface area contributed by atoms with E-state index in [0.29, 0.717) is 0 Å². The molecule has 1 unspecified atom stereocenters. The molecule has 0 saturated heterocycles. The van der Waals surface area contributed by atoms with Gasteiger partial charge in [-0.1, -0.05) is 55.5 Å². The van der Waals surface area contributed by atoms with Crippen molar-refractivity contribution in [2.75, 3.05) is 13.2 Å². The van der Waals surface area contributed by atoms with Crippen LogP contribution in [0.2, 0.25) is 0 Å². The van der Waals surface area contributed by atoms with E-state index in [1.54, 1.807) is 6.92 Å². The Kier molecular flexibility index (Phi) is 8.37. The van der Waals surface area contributed by atoms with Gasteiger partial charge in [-0.3, -0.25) is 9.59 Å². The molecule has 0 aromatic heterocycles. The van der Waals surface area contributed by atoms with E-state index >= 15 is 0 Å².